The Morgan fingerprint density at radius 1 is 1.32 bits per heavy atom. The van der Waals surface area contributed by atoms with Crippen molar-refractivity contribution in [2.45, 2.75) is 0 Å². The van der Waals surface area contributed by atoms with Crippen molar-refractivity contribution in [3.8, 4) is 21.7 Å². The van der Waals surface area contributed by atoms with Crippen LogP contribution in [0.4, 0.5) is 5.82 Å². The number of nitrogen functional groups attached to an aromatic ring is 1. The van der Waals surface area contributed by atoms with E-state index in [0.717, 1.165) is 26.2 Å². The molecule has 0 aliphatic carbocycles. The van der Waals surface area contributed by atoms with Crippen LogP contribution in [-0.4, -0.2) is 10.2 Å². The number of nitrogens with zero attached hydrogens (tertiary/aromatic N) is 1. The van der Waals surface area contributed by atoms with E-state index in [2.05, 4.69) is 26.1 Å². The van der Waals surface area contributed by atoms with Crippen LogP contribution in [0.5, 0.6) is 0 Å². The summed E-state index contributed by atoms with van der Waals surface area (Å²) < 4.78 is 0.956. The maximum absolute atomic E-state index is 6.27. The molecule has 3 nitrogen and oxygen atoms in total. The number of halogens is 2. The largest absolute Gasteiger partial charge is 0.382 e. The van der Waals surface area contributed by atoms with E-state index in [9.17, 15) is 0 Å². The van der Waals surface area contributed by atoms with Crippen molar-refractivity contribution in [2.75, 3.05) is 5.73 Å². The van der Waals surface area contributed by atoms with Gasteiger partial charge in [0.25, 0.3) is 0 Å². The van der Waals surface area contributed by atoms with Gasteiger partial charge in [0, 0.05) is 14.9 Å². The first-order valence-corrected chi connectivity index (χ1v) is 7.55. The maximum atomic E-state index is 6.27. The zero-order valence-electron chi connectivity index (χ0n) is 9.65. The van der Waals surface area contributed by atoms with Gasteiger partial charge >= 0.3 is 0 Å². The van der Waals surface area contributed by atoms with Gasteiger partial charge in [0.15, 0.2) is 5.82 Å². The molecule has 0 fully saturated rings. The van der Waals surface area contributed by atoms with Crippen molar-refractivity contribution in [1.82, 2.24) is 10.2 Å². The predicted molar refractivity (Wildman–Crippen MR) is 84.5 cm³/mol. The Morgan fingerprint density at radius 3 is 2.89 bits per heavy atom. The van der Waals surface area contributed by atoms with E-state index in [1.807, 2.05) is 35.7 Å². The Balaban J connectivity index is 2.24. The van der Waals surface area contributed by atoms with Crippen LogP contribution in [0.3, 0.4) is 0 Å². The van der Waals surface area contributed by atoms with Gasteiger partial charge in [0.2, 0.25) is 0 Å². The van der Waals surface area contributed by atoms with Gasteiger partial charge in [-0.15, -0.1) is 11.3 Å². The third kappa shape index (κ3) is 2.29. The minimum absolute atomic E-state index is 0.480. The number of rotatable bonds is 2. The fourth-order valence-corrected chi connectivity index (χ4v) is 3.27. The molecular formula is C13H9BrClN3S. The highest BCUT2D eigenvalue weighted by molar-refractivity contribution is 9.10. The van der Waals surface area contributed by atoms with E-state index in [1.54, 1.807) is 11.3 Å². The van der Waals surface area contributed by atoms with Crippen molar-refractivity contribution < 1.29 is 0 Å². The lowest BCUT2D eigenvalue weighted by atomic mass is 10.1. The third-order valence-corrected chi connectivity index (χ3v) is 4.47. The van der Waals surface area contributed by atoms with E-state index in [1.165, 1.54) is 0 Å². The van der Waals surface area contributed by atoms with Crippen LogP contribution >= 0.6 is 38.9 Å². The third-order valence-electron chi connectivity index (χ3n) is 2.76. The summed E-state index contributed by atoms with van der Waals surface area (Å²) in [5.41, 5.74) is 8.58. The molecule has 0 bridgehead atoms. The highest BCUT2D eigenvalue weighted by Crippen LogP contribution is 2.40. The fourth-order valence-electron chi connectivity index (χ4n) is 1.91. The van der Waals surface area contributed by atoms with Gasteiger partial charge in [0.1, 0.15) is 0 Å². The molecule has 3 rings (SSSR count). The molecule has 0 aliphatic heterocycles. The molecule has 6 heteroatoms. The Morgan fingerprint density at radius 2 is 2.16 bits per heavy atom. The highest BCUT2D eigenvalue weighted by atomic mass is 79.9. The molecule has 1 aromatic carbocycles. The molecule has 0 amide bonds. The van der Waals surface area contributed by atoms with Crippen molar-refractivity contribution in [3.05, 3.63) is 45.2 Å². The van der Waals surface area contributed by atoms with Crippen LogP contribution < -0.4 is 5.73 Å². The predicted octanol–water partition coefficient (Wildman–Crippen LogP) is 4.80. The second-order valence-corrected chi connectivity index (χ2v) is 6.23. The van der Waals surface area contributed by atoms with Crippen LogP contribution in [-0.2, 0) is 0 Å². The number of benzene rings is 1. The SMILES string of the molecule is Nc1n[nH]c(-c2cc(Br)ccc2Cl)c1-c1cccs1. The van der Waals surface area contributed by atoms with Gasteiger partial charge in [-0.1, -0.05) is 33.6 Å². The number of aromatic nitrogens is 2. The average molecular weight is 355 g/mol. The van der Waals surface area contributed by atoms with Gasteiger partial charge in [-0.2, -0.15) is 5.10 Å². The Labute approximate surface area is 127 Å². The van der Waals surface area contributed by atoms with E-state index < -0.39 is 0 Å². The summed E-state index contributed by atoms with van der Waals surface area (Å²) in [5, 5.41) is 9.74. The molecule has 0 aliphatic rings. The van der Waals surface area contributed by atoms with Crippen molar-refractivity contribution >= 4 is 44.7 Å². The second kappa shape index (κ2) is 5.00. The minimum Gasteiger partial charge on any atom is -0.382 e. The number of H-pyrrole nitrogens is 1. The van der Waals surface area contributed by atoms with Crippen LogP contribution in [0.25, 0.3) is 21.7 Å². The second-order valence-electron chi connectivity index (χ2n) is 3.96. The molecule has 3 N–H and O–H groups in total. The van der Waals surface area contributed by atoms with Crippen LogP contribution in [0.1, 0.15) is 0 Å². The van der Waals surface area contributed by atoms with Gasteiger partial charge in [0.05, 0.1) is 16.3 Å². The summed E-state index contributed by atoms with van der Waals surface area (Å²) >= 11 is 11.3. The standard InChI is InChI=1S/C13H9BrClN3S/c14-7-3-4-9(15)8(6-7)12-11(13(16)18-17-12)10-2-1-5-19-10/h1-6H,(H3,16,17,18). The summed E-state index contributed by atoms with van der Waals surface area (Å²) in [5.74, 6) is 0.480. The van der Waals surface area contributed by atoms with Crippen molar-refractivity contribution in [3.63, 3.8) is 0 Å². The molecule has 0 saturated heterocycles. The topological polar surface area (TPSA) is 54.7 Å². The Hall–Kier alpha value is -1.30. The number of nitrogens with one attached hydrogen (secondary N) is 1. The number of hydrogen-bond acceptors (Lipinski definition) is 3. The molecule has 0 saturated carbocycles. The van der Waals surface area contributed by atoms with Gasteiger partial charge in [-0.25, -0.2) is 0 Å². The lowest BCUT2D eigenvalue weighted by Gasteiger charge is -2.05. The molecule has 0 spiro atoms. The summed E-state index contributed by atoms with van der Waals surface area (Å²) in [6.45, 7) is 0. The van der Waals surface area contributed by atoms with Gasteiger partial charge in [-0.3, -0.25) is 5.10 Å². The number of anilines is 1. The smallest absolute Gasteiger partial charge is 0.154 e. The summed E-state index contributed by atoms with van der Waals surface area (Å²) in [6.07, 6.45) is 0. The van der Waals surface area contributed by atoms with Crippen LogP contribution in [0, 0.1) is 0 Å². The van der Waals surface area contributed by atoms with Crippen LogP contribution in [0.15, 0.2) is 40.2 Å². The quantitative estimate of drug-likeness (QED) is 0.694. The van der Waals surface area contributed by atoms with Crippen molar-refractivity contribution in [2.24, 2.45) is 0 Å². The van der Waals surface area contributed by atoms with Gasteiger partial charge in [-0.05, 0) is 29.6 Å². The minimum atomic E-state index is 0.480. The number of hydrogen-bond donors (Lipinski definition) is 2. The number of thiophene rings is 1. The summed E-state index contributed by atoms with van der Waals surface area (Å²) in [6, 6.07) is 9.69. The fraction of sp³-hybridized carbons (Fsp3) is 0. The Kier molecular flexibility index (Phi) is 3.35. The molecule has 19 heavy (non-hydrogen) atoms. The van der Waals surface area contributed by atoms with E-state index >= 15 is 0 Å². The number of aromatic amines is 1. The summed E-state index contributed by atoms with van der Waals surface area (Å²) in [7, 11) is 0. The highest BCUT2D eigenvalue weighted by Gasteiger charge is 2.17. The first kappa shape index (κ1) is 12.7. The molecule has 0 radical (unpaired) electrons. The monoisotopic (exact) mass is 353 g/mol. The molecule has 2 aromatic heterocycles. The molecular weight excluding hydrogens is 346 g/mol. The zero-order valence-corrected chi connectivity index (χ0v) is 12.8. The zero-order chi connectivity index (χ0) is 13.4. The normalized spacial score (nSPS) is 10.8. The van der Waals surface area contributed by atoms with E-state index in [-0.39, 0.29) is 0 Å². The lowest BCUT2D eigenvalue weighted by Crippen LogP contribution is -1.87. The average Bonchev–Trinajstić information content (AvgIpc) is 3.01. The first-order valence-electron chi connectivity index (χ1n) is 5.50. The first-order chi connectivity index (χ1) is 9.16. The van der Waals surface area contributed by atoms with Gasteiger partial charge < -0.3 is 5.73 Å². The maximum Gasteiger partial charge on any atom is 0.154 e. The van der Waals surface area contributed by atoms with E-state index in [4.69, 9.17) is 17.3 Å². The van der Waals surface area contributed by atoms with Crippen molar-refractivity contribution in [1.29, 1.82) is 0 Å². The Bertz CT molecular complexity index is 722. The lowest BCUT2D eigenvalue weighted by molar-refractivity contribution is 1.10. The van der Waals surface area contributed by atoms with Crippen LogP contribution in [0.2, 0.25) is 5.02 Å². The van der Waals surface area contributed by atoms with E-state index in [0.29, 0.717) is 10.8 Å². The molecule has 2 heterocycles. The summed E-state index contributed by atoms with van der Waals surface area (Å²) in [4.78, 5) is 1.07. The molecule has 3 aromatic rings. The molecule has 0 unspecified atom stereocenters. The molecule has 96 valence electrons. The number of nitrogens with two attached hydrogens (primary N) is 1. The molecule has 0 atom stereocenters.